The predicted molar refractivity (Wildman–Crippen MR) is 148 cm³/mol. The number of nitrogen functional groups attached to an aromatic ring is 1. The lowest BCUT2D eigenvalue weighted by atomic mass is 9.97. The van der Waals surface area contributed by atoms with Gasteiger partial charge in [-0.3, -0.25) is 15.1 Å². The lowest BCUT2D eigenvalue weighted by molar-refractivity contribution is 0.101. The molecule has 0 unspecified atom stereocenters. The zero-order valence-electron chi connectivity index (χ0n) is 21.1. The zero-order chi connectivity index (χ0) is 24.9. The Labute approximate surface area is 212 Å². The van der Waals surface area contributed by atoms with Crippen LogP contribution in [0.3, 0.4) is 0 Å². The summed E-state index contributed by atoms with van der Waals surface area (Å²) in [6, 6.07) is 14.7. The minimum Gasteiger partial charge on any atom is -0.384 e. The van der Waals surface area contributed by atoms with Gasteiger partial charge < -0.3 is 10.3 Å². The molecule has 1 saturated heterocycles. The predicted octanol–water partition coefficient (Wildman–Crippen LogP) is 5.50. The fourth-order valence-corrected chi connectivity index (χ4v) is 5.68. The van der Waals surface area contributed by atoms with Gasteiger partial charge in [0.15, 0.2) is 0 Å². The van der Waals surface area contributed by atoms with Crippen molar-refractivity contribution in [2.75, 3.05) is 12.8 Å². The molecule has 186 valence electrons. The second-order valence-corrected chi connectivity index (χ2v) is 10.6. The molecule has 7 heteroatoms. The van der Waals surface area contributed by atoms with E-state index < -0.39 is 0 Å². The highest BCUT2D eigenvalue weighted by Gasteiger charge is 2.23. The highest BCUT2D eigenvalue weighted by molar-refractivity contribution is 7.98. The number of nitrogens with two attached hydrogens (primary N) is 1. The third kappa shape index (κ3) is 5.78. The number of hydrogen-bond donors (Lipinski definition) is 2. The molecule has 3 aromatic rings. The molecule has 1 aliphatic rings. The maximum absolute atomic E-state index is 13.7. The molecule has 35 heavy (non-hydrogen) atoms. The molecular formula is C28H37N5OS. The first-order chi connectivity index (χ1) is 16.9. The van der Waals surface area contributed by atoms with Gasteiger partial charge in [-0.25, -0.2) is 4.98 Å². The van der Waals surface area contributed by atoms with Crippen LogP contribution in [0.5, 0.6) is 0 Å². The smallest absolute Gasteiger partial charge is 0.277 e. The number of nitrogens with one attached hydrogen (secondary N) is 1. The fraction of sp³-hybridized carbons (Fsp3) is 0.464. The lowest BCUT2D eigenvalue weighted by Gasteiger charge is -2.39. The van der Waals surface area contributed by atoms with Crippen molar-refractivity contribution in [2.45, 2.75) is 75.9 Å². The molecular weight excluding hydrogens is 454 g/mol. The molecule has 4 rings (SSSR count). The van der Waals surface area contributed by atoms with E-state index in [0.717, 1.165) is 41.7 Å². The maximum Gasteiger partial charge on any atom is 0.277 e. The second-order valence-electron chi connectivity index (χ2n) is 9.69. The normalized spacial score (nSPS) is 18.7. The molecule has 6 nitrogen and oxygen atoms in total. The Morgan fingerprint density at radius 1 is 1.09 bits per heavy atom. The topological polar surface area (TPSA) is 88.0 Å². The number of amidine groups is 1. The number of piperidine rings is 1. The molecule has 0 saturated carbocycles. The van der Waals surface area contributed by atoms with Crippen molar-refractivity contribution in [3.63, 3.8) is 0 Å². The van der Waals surface area contributed by atoms with E-state index in [1.54, 1.807) is 23.9 Å². The number of fused-ring (bicyclic) bond motifs is 1. The van der Waals surface area contributed by atoms with Crippen molar-refractivity contribution >= 4 is 28.6 Å². The van der Waals surface area contributed by atoms with Gasteiger partial charge in [-0.15, -0.1) is 11.8 Å². The number of aromatic nitrogens is 2. The maximum atomic E-state index is 13.7. The molecule has 1 aromatic heterocycles. The highest BCUT2D eigenvalue weighted by atomic mass is 32.2. The van der Waals surface area contributed by atoms with Gasteiger partial charge >= 0.3 is 0 Å². The van der Waals surface area contributed by atoms with E-state index in [9.17, 15) is 4.79 Å². The molecule has 0 radical (unpaired) electrons. The van der Waals surface area contributed by atoms with Gasteiger partial charge in [-0.05, 0) is 76.6 Å². The van der Waals surface area contributed by atoms with E-state index in [2.05, 4.69) is 24.8 Å². The first kappa shape index (κ1) is 25.5. The molecule has 2 heterocycles. The van der Waals surface area contributed by atoms with Crippen LogP contribution in [0.4, 0.5) is 0 Å². The number of aryl methyl sites for hydroxylation is 1. The Balaban J connectivity index is 1.58. The number of unbranched alkanes of at least 4 members (excludes halogenated alkanes) is 2. The number of nitrogens with zero attached hydrogens (tertiary/aromatic N) is 3. The molecule has 0 spiro atoms. The van der Waals surface area contributed by atoms with E-state index >= 15 is 0 Å². The second kappa shape index (κ2) is 11.4. The van der Waals surface area contributed by atoms with Gasteiger partial charge in [-0.2, -0.15) is 0 Å². The van der Waals surface area contributed by atoms with Crippen molar-refractivity contribution in [3.05, 3.63) is 58.4 Å². The van der Waals surface area contributed by atoms with E-state index in [1.807, 2.05) is 35.1 Å². The summed E-state index contributed by atoms with van der Waals surface area (Å²) in [5.74, 6) is -0.0186. The average molecular weight is 492 g/mol. The Kier molecular flexibility index (Phi) is 8.29. The van der Waals surface area contributed by atoms with E-state index in [0.29, 0.717) is 35.4 Å². The van der Waals surface area contributed by atoms with Crippen molar-refractivity contribution in [1.82, 2.24) is 14.5 Å². The van der Waals surface area contributed by atoms with Gasteiger partial charge in [0.05, 0.1) is 11.0 Å². The Hall–Kier alpha value is -2.64. The summed E-state index contributed by atoms with van der Waals surface area (Å²) in [6.07, 6.45) is 9.17. The summed E-state index contributed by atoms with van der Waals surface area (Å²) in [4.78, 5) is 22.2. The molecule has 1 fully saturated rings. The molecule has 2 atom stereocenters. The molecule has 1 aliphatic heterocycles. The van der Waals surface area contributed by atoms with Crippen molar-refractivity contribution in [1.29, 1.82) is 5.41 Å². The van der Waals surface area contributed by atoms with Crippen LogP contribution < -0.4 is 11.3 Å². The van der Waals surface area contributed by atoms with Crippen molar-refractivity contribution in [3.8, 4) is 11.3 Å². The van der Waals surface area contributed by atoms with Gasteiger partial charge in [0.2, 0.25) is 0 Å². The summed E-state index contributed by atoms with van der Waals surface area (Å²) < 4.78 is 1.89. The fourth-order valence-electron chi connectivity index (χ4n) is 5.25. The van der Waals surface area contributed by atoms with Crippen LogP contribution in [0, 0.1) is 5.41 Å². The lowest BCUT2D eigenvalue weighted by Crippen LogP contribution is -2.44. The summed E-state index contributed by atoms with van der Waals surface area (Å²) >= 11 is 1.67. The third-order valence-electron chi connectivity index (χ3n) is 7.27. The molecule has 0 bridgehead atoms. The SMILES string of the molecule is CSc1ccc2nc(-c3cccc(C(=N)N)c3)c(=O)n(CCCCCN3[C@H](C)CCC[C@@H]3C)c2c1. The number of rotatable bonds is 9. The summed E-state index contributed by atoms with van der Waals surface area (Å²) in [6.45, 7) is 6.50. The largest absolute Gasteiger partial charge is 0.384 e. The Bertz CT molecular complexity index is 1240. The summed E-state index contributed by atoms with van der Waals surface area (Å²) in [5, 5.41) is 7.76. The molecule has 0 aliphatic carbocycles. The van der Waals surface area contributed by atoms with Crippen LogP contribution in [0.2, 0.25) is 0 Å². The van der Waals surface area contributed by atoms with Crippen LogP contribution in [0.15, 0.2) is 52.2 Å². The minimum atomic E-state index is -0.0882. The van der Waals surface area contributed by atoms with Crippen molar-refractivity contribution < 1.29 is 0 Å². The highest BCUT2D eigenvalue weighted by Crippen LogP contribution is 2.25. The standard InChI is InChI=1S/C28H37N5OS/c1-19-9-7-10-20(2)32(19)15-5-4-6-16-33-25-18-23(35-3)13-14-24(25)31-26(28(33)34)21-11-8-12-22(17-21)27(29)30/h8,11-14,17-20H,4-7,9-10,15-16H2,1-3H3,(H3,29,30)/t19-,20+. The molecule has 2 aromatic carbocycles. The summed E-state index contributed by atoms with van der Waals surface area (Å²) in [7, 11) is 0. The Morgan fingerprint density at radius 3 is 2.54 bits per heavy atom. The van der Waals surface area contributed by atoms with Crippen LogP contribution in [0.25, 0.3) is 22.3 Å². The van der Waals surface area contributed by atoms with E-state index in [4.69, 9.17) is 16.1 Å². The number of likely N-dealkylation sites (tertiary alicyclic amines) is 1. The van der Waals surface area contributed by atoms with Crippen molar-refractivity contribution in [2.24, 2.45) is 5.73 Å². The number of benzene rings is 2. The quantitative estimate of drug-likeness (QED) is 0.179. The minimum absolute atomic E-state index is 0.0186. The van der Waals surface area contributed by atoms with E-state index in [1.165, 1.54) is 19.3 Å². The average Bonchev–Trinajstić information content (AvgIpc) is 2.86. The first-order valence-corrected chi connectivity index (χ1v) is 13.9. The Morgan fingerprint density at radius 2 is 1.83 bits per heavy atom. The van der Waals surface area contributed by atoms with Gasteiger partial charge in [0, 0.05) is 34.7 Å². The van der Waals surface area contributed by atoms with Crippen LogP contribution in [-0.2, 0) is 6.54 Å². The first-order valence-electron chi connectivity index (χ1n) is 12.7. The monoisotopic (exact) mass is 491 g/mol. The van der Waals surface area contributed by atoms with Gasteiger partial charge in [-0.1, -0.05) is 31.0 Å². The third-order valence-corrected chi connectivity index (χ3v) is 8.00. The van der Waals surface area contributed by atoms with Crippen LogP contribution in [0.1, 0.15) is 57.9 Å². The molecule has 3 N–H and O–H groups in total. The number of thioether (sulfide) groups is 1. The molecule has 0 amide bonds. The van der Waals surface area contributed by atoms with Gasteiger partial charge in [0.1, 0.15) is 11.5 Å². The van der Waals surface area contributed by atoms with Crippen LogP contribution >= 0.6 is 11.8 Å². The zero-order valence-corrected chi connectivity index (χ0v) is 21.9. The van der Waals surface area contributed by atoms with Gasteiger partial charge in [0.25, 0.3) is 5.56 Å². The number of hydrogen-bond acceptors (Lipinski definition) is 5. The van der Waals surface area contributed by atoms with E-state index in [-0.39, 0.29) is 11.4 Å². The van der Waals surface area contributed by atoms with Crippen LogP contribution in [-0.4, -0.2) is 45.2 Å². The summed E-state index contributed by atoms with van der Waals surface area (Å²) in [5.41, 5.74) is 8.99.